The van der Waals surface area contributed by atoms with E-state index in [0.29, 0.717) is 0 Å². The first kappa shape index (κ1) is 12.7. The molecule has 1 aromatic heterocycles. The third-order valence-electron chi connectivity index (χ3n) is 3.64. The van der Waals surface area contributed by atoms with Crippen LogP contribution in [0.5, 0.6) is 0 Å². The average Bonchev–Trinajstić information content (AvgIpc) is 2.47. The van der Waals surface area contributed by atoms with Gasteiger partial charge in [-0.1, -0.05) is 23.4 Å². The van der Waals surface area contributed by atoms with Gasteiger partial charge in [-0.3, -0.25) is 0 Å². The molecule has 0 radical (unpaired) electrons. The van der Waals surface area contributed by atoms with Gasteiger partial charge in [-0.2, -0.15) is 0 Å². The fraction of sp³-hybridized carbons (Fsp3) is 0.250. The van der Waals surface area contributed by atoms with Crippen LogP contribution in [0.4, 0.5) is 11.5 Å². The maximum absolute atomic E-state index is 8.59. The molecule has 0 unspecified atom stereocenters. The van der Waals surface area contributed by atoms with Crippen molar-refractivity contribution in [1.82, 2.24) is 4.98 Å². The molecule has 0 saturated carbocycles. The topological polar surface area (TPSA) is 48.7 Å². The standard InChI is InChI=1S/C16H17N3O/c1-12-9-13(11-18-20)10-17-16(12)19-8-4-6-14-5-2-3-7-15(14)19/h2-3,5,7,9-11,20H,4,6,8H2,1H3/b18-11-. The van der Waals surface area contributed by atoms with Gasteiger partial charge in [-0.25, -0.2) is 4.98 Å². The Bertz CT molecular complexity index is 652. The number of hydrogen-bond acceptors (Lipinski definition) is 4. The highest BCUT2D eigenvalue weighted by molar-refractivity contribution is 5.80. The normalized spacial score (nSPS) is 14.6. The van der Waals surface area contributed by atoms with Gasteiger partial charge < -0.3 is 10.1 Å². The number of hydrogen-bond donors (Lipinski definition) is 1. The molecule has 0 saturated heterocycles. The van der Waals surface area contributed by atoms with E-state index in [-0.39, 0.29) is 0 Å². The Morgan fingerprint density at radius 1 is 1.35 bits per heavy atom. The molecule has 1 aliphatic rings. The number of rotatable bonds is 2. The van der Waals surface area contributed by atoms with Crippen LogP contribution < -0.4 is 4.90 Å². The zero-order valence-electron chi connectivity index (χ0n) is 11.5. The van der Waals surface area contributed by atoms with Crippen LogP contribution in [-0.4, -0.2) is 23.0 Å². The van der Waals surface area contributed by atoms with Crippen molar-refractivity contribution < 1.29 is 5.21 Å². The highest BCUT2D eigenvalue weighted by Crippen LogP contribution is 2.33. The van der Waals surface area contributed by atoms with Gasteiger partial charge in [-0.15, -0.1) is 0 Å². The van der Waals surface area contributed by atoms with Gasteiger partial charge in [0.25, 0.3) is 0 Å². The van der Waals surface area contributed by atoms with Crippen LogP contribution in [0, 0.1) is 6.92 Å². The highest BCUT2D eigenvalue weighted by atomic mass is 16.4. The van der Waals surface area contributed by atoms with Crippen LogP contribution in [-0.2, 0) is 6.42 Å². The van der Waals surface area contributed by atoms with Gasteiger partial charge in [0.15, 0.2) is 0 Å². The quantitative estimate of drug-likeness (QED) is 0.516. The van der Waals surface area contributed by atoms with Crippen LogP contribution in [0.15, 0.2) is 41.7 Å². The van der Waals surface area contributed by atoms with E-state index in [2.05, 4.69) is 39.3 Å². The molecule has 1 aromatic carbocycles. The van der Waals surface area contributed by atoms with Crippen molar-refractivity contribution in [3.05, 3.63) is 53.2 Å². The number of nitrogens with zero attached hydrogens (tertiary/aromatic N) is 3. The summed E-state index contributed by atoms with van der Waals surface area (Å²) >= 11 is 0. The minimum absolute atomic E-state index is 0.805. The molecule has 0 aliphatic carbocycles. The van der Waals surface area contributed by atoms with E-state index in [4.69, 9.17) is 5.21 Å². The van der Waals surface area contributed by atoms with Crippen molar-refractivity contribution in [3.63, 3.8) is 0 Å². The summed E-state index contributed by atoms with van der Waals surface area (Å²) in [5, 5.41) is 11.6. The van der Waals surface area contributed by atoms with Crippen molar-refractivity contribution in [2.45, 2.75) is 19.8 Å². The van der Waals surface area contributed by atoms with Crippen LogP contribution in [0.25, 0.3) is 0 Å². The molecule has 4 nitrogen and oxygen atoms in total. The van der Waals surface area contributed by atoms with Crippen LogP contribution in [0.2, 0.25) is 0 Å². The van der Waals surface area contributed by atoms with E-state index in [9.17, 15) is 0 Å². The SMILES string of the molecule is Cc1cc(/C=N\O)cnc1N1CCCc2ccccc21. The van der Waals surface area contributed by atoms with E-state index in [1.165, 1.54) is 17.5 Å². The van der Waals surface area contributed by atoms with Crippen molar-refractivity contribution in [2.75, 3.05) is 11.4 Å². The molecule has 2 heterocycles. The van der Waals surface area contributed by atoms with Crippen LogP contribution in [0.1, 0.15) is 23.1 Å². The van der Waals surface area contributed by atoms with Gasteiger partial charge in [-0.05, 0) is 43.0 Å². The molecule has 2 aromatic rings. The molecule has 0 bridgehead atoms. The Balaban J connectivity index is 2.02. The molecular weight excluding hydrogens is 250 g/mol. The minimum atomic E-state index is 0.805. The van der Waals surface area contributed by atoms with E-state index >= 15 is 0 Å². The molecule has 0 fully saturated rings. The molecule has 1 N–H and O–H groups in total. The lowest BCUT2D eigenvalue weighted by atomic mass is 10.0. The minimum Gasteiger partial charge on any atom is -0.411 e. The van der Waals surface area contributed by atoms with Gasteiger partial charge in [0, 0.05) is 24.0 Å². The Kier molecular flexibility index (Phi) is 3.37. The zero-order chi connectivity index (χ0) is 13.9. The number of anilines is 2. The largest absolute Gasteiger partial charge is 0.411 e. The lowest BCUT2D eigenvalue weighted by Gasteiger charge is -2.31. The van der Waals surface area contributed by atoms with E-state index < -0.39 is 0 Å². The lowest BCUT2D eigenvalue weighted by molar-refractivity contribution is 0.322. The Morgan fingerprint density at radius 2 is 2.20 bits per heavy atom. The van der Waals surface area contributed by atoms with E-state index in [1.54, 1.807) is 6.20 Å². The van der Waals surface area contributed by atoms with Crippen LogP contribution in [0.3, 0.4) is 0 Å². The first-order valence-electron chi connectivity index (χ1n) is 6.79. The molecule has 102 valence electrons. The summed E-state index contributed by atoms with van der Waals surface area (Å²) in [5.74, 6) is 0.979. The summed E-state index contributed by atoms with van der Waals surface area (Å²) in [5.41, 5.74) is 4.51. The van der Waals surface area contributed by atoms with Gasteiger partial charge in [0.05, 0.1) is 6.21 Å². The molecule has 0 atom stereocenters. The fourth-order valence-corrected chi connectivity index (χ4v) is 2.76. The third-order valence-corrected chi connectivity index (χ3v) is 3.64. The van der Waals surface area contributed by atoms with Crippen molar-refractivity contribution >= 4 is 17.7 Å². The van der Waals surface area contributed by atoms with Crippen molar-refractivity contribution in [3.8, 4) is 0 Å². The second-order valence-electron chi connectivity index (χ2n) is 5.04. The molecule has 3 rings (SSSR count). The summed E-state index contributed by atoms with van der Waals surface area (Å²) in [4.78, 5) is 6.81. The number of pyridine rings is 1. The summed E-state index contributed by atoms with van der Waals surface area (Å²) < 4.78 is 0. The fourth-order valence-electron chi connectivity index (χ4n) is 2.76. The van der Waals surface area contributed by atoms with Crippen molar-refractivity contribution in [2.24, 2.45) is 5.16 Å². The van der Waals surface area contributed by atoms with Gasteiger partial charge in [0.1, 0.15) is 5.82 Å². The molecule has 0 amide bonds. The monoisotopic (exact) mass is 267 g/mol. The van der Waals surface area contributed by atoms with Gasteiger partial charge >= 0.3 is 0 Å². The number of fused-ring (bicyclic) bond motifs is 1. The maximum atomic E-state index is 8.59. The maximum Gasteiger partial charge on any atom is 0.135 e. The molecular formula is C16H17N3O. The number of para-hydroxylation sites is 1. The van der Waals surface area contributed by atoms with E-state index in [0.717, 1.165) is 36.3 Å². The molecule has 4 heteroatoms. The molecule has 0 spiro atoms. The zero-order valence-corrected chi connectivity index (χ0v) is 11.5. The second-order valence-corrected chi connectivity index (χ2v) is 5.04. The number of benzene rings is 1. The second kappa shape index (κ2) is 5.33. The smallest absolute Gasteiger partial charge is 0.135 e. The molecule has 20 heavy (non-hydrogen) atoms. The number of oxime groups is 1. The average molecular weight is 267 g/mol. The Morgan fingerprint density at radius 3 is 3.00 bits per heavy atom. The summed E-state index contributed by atoms with van der Waals surface area (Å²) in [6.07, 6.45) is 5.40. The summed E-state index contributed by atoms with van der Waals surface area (Å²) in [6.45, 7) is 3.02. The van der Waals surface area contributed by atoms with Crippen molar-refractivity contribution in [1.29, 1.82) is 0 Å². The first-order valence-corrected chi connectivity index (χ1v) is 6.79. The lowest BCUT2D eigenvalue weighted by Crippen LogP contribution is -2.26. The predicted molar refractivity (Wildman–Crippen MR) is 80.1 cm³/mol. The van der Waals surface area contributed by atoms with Gasteiger partial charge in [0.2, 0.25) is 0 Å². The van der Waals surface area contributed by atoms with Crippen LogP contribution >= 0.6 is 0 Å². The molecule has 1 aliphatic heterocycles. The number of aromatic nitrogens is 1. The Hall–Kier alpha value is -2.36. The highest BCUT2D eigenvalue weighted by Gasteiger charge is 2.19. The summed E-state index contributed by atoms with van der Waals surface area (Å²) in [7, 11) is 0. The third kappa shape index (κ3) is 2.25. The predicted octanol–water partition coefficient (Wildman–Crippen LogP) is 3.28. The summed E-state index contributed by atoms with van der Waals surface area (Å²) in [6, 6.07) is 10.5. The number of aryl methyl sites for hydroxylation is 2. The Labute approximate surface area is 118 Å². The van der Waals surface area contributed by atoms with E-state index in [1.807, 2.05) is 13.0 Å². The first-order chi connectivity index (χ1) is 9.79.